The molecule has 0 unspecified atom stereocenters. The van der Waals surface area contributed by atoms with Gasteiger partial charge in [0.25, 0.3) is 5.91 Å². The van der Waals surface area contributed by atoms with Gasteiger partial charge in [0.1, 0.15) is 17.8 Å². The van der Waals surface area contributed by atoms with E-state index >= 15 is 0 Å². The molecule has 1 aromatic carbocycles. The number of benzene rings is 1. The highest BCUT2D eigenvalue weighted by molar-refractivity contribution is 6.03. The molecule has 2 N–H and O–H groups in total. The highest BCUT2D eigenvalue weighted by Gasteiger charge is 2.14. The molecule has 0 fully saturated rings. The summed E-state index contributed by atoms with van der Waals surface area (Å²) >= 11 is 0. The van der Waals surface area contributed by atoms with Crippen molar-refractivity contribution >= 4 is 11.7 Å². The SMILES string of the molecule is CC(C)n1cnnc1-c1ccnc(NC(=O)c2cc(-c3ccccc3)n[nH]2)c1. The third-order valence-corrected chi connectivity index (χ3v) is 4.28. The normalized spacial score (nSPS) is 11.0. The second kappa shape index (κ2) is 7.43. The van der Waals surface area contributed by atoms with Crippen molar-refractivity contribution in [1.82, 2.24) is 29.9 Å². The number of anilines is 1. The van der Waals surface area contributed by atoms with Gasteiger partial charge in [-0.25, -0.2) is 4.98 Å². The largest absolute Gasteiger partial charge is 0.311 e. The number of aromatic nitrogens is 6. The fourth-order valence-electron chi connectivity index (χ4n) is 2.84. The van der Waals surface area contributed by atoms with E-state index in [2.05, 4.69) is 44.5 Å². The van der Waals surface area contributed by atoms with Crippen molar-refractivity contribution in [2.24, 2.45) is 0 Å². The zero-order chi connectivity index (χ0) is 19.5. The number of hydrogen-bond donors (Lipinski definition) is 2. The number of pyridine rings is 1. The van der Waals surface area contributed by atoms with Crippen molar-refractivity contribution in [1.29, 1.82) is 0 Å². The molecule has 140 valence electrons. The Morgan fingerprint density at radius 3 is 2.71 bits per heavy atom. The summed E-state index contributed by atoms with van der Waals surface area (Å²) in [6, 6.07) is 15.2. The van der Waals surface area contributed by atoms with Crippen LogP contribution in [0.2, 0.25) is 0 Å². The van der Waals surface area contributed by atoms with Crippen LogP contribution in [-0.2, 0) is 0 Å². The smallest absolute Gasteiger partial charge is 0.274 e. The maximum absolute atomic E-state index is 12.6. The summed E-state index contributed by atoms with van der Waals surface area (Å²) in [6.07, 6.45) is 3.32. The molecule has 4 rings (SSSR count). The summed E-state index contributed by atoms with van der Waals surface area (Å²) < 4.78 is 1.96. The van der Waals surface area contributed by atoms with Crippen LogP contribution in [0.5, 0.6) is 0 Å². The lowest BCUT2D eigenvalue weighted by molar-refractivity contribution is 0.102. The third-order valence-electron chi connectivity index (χ3n) is 4.28. The van der Waals surface area contributed by atoms with Crippen molar-refractivity contribution in [2.45, 2.75) is 19.9 Å². The number of rotatable bonds is 5. The molecule has 0 aliphatic heterocycles. The van der Waals surface area contributed by atoms with Gasteiger partial charge in [-0.1, -0.05) is 30.3 Å². The fourth-order valence-corrected chi connectivity index (χ4v) is 2.84. The van der Waals surface area contributed by atoms with Gasteiger partial charge in [0, 0.05) is 23.4 Å². The Hall–Kier alpha value is -3.81. The fraction of sp³-hybridized carbons (Fsp3) is 0.150. The van der Waals surface area contributed by atoms with Crippen LogP contribution in [-0.4, -0.2) is 35.9 Å². The number of amides is 1. The van der Waals surface area contributed by atoms with Crippen LogP contribution in [0.3, 0.4) is 0 Å². The topological polar surface area (TPSA) is 101 Å². The average Bonchev–Trinajstić information content (AvgIpc) is 3.39. The molecule has 0 aliphatic carbocycles. The van der Waals surface area contributed by atoms with Crippen LogP contribution in [0.25, 0.3) is 22.6 Å². The zero-order valence-corrected chi connectivity index (χ0v) is 15.5. The molecule has 8 nitrogen and oxygen atoms in total. The summed E-state index contributed by atoms with van der Waals surface area (Å²) in [5.74, 6) is 0.835. The van der Waals surface area contributed by atoms with E-state index in [4.69, 9.17) is 0 Å². The lowest BCUT2D eigenvalue weighted by atomic mass is 10.1. The number of nitrogens with one attached hydrogen (secondary N) is 2. The molecule has 0 atom stereocenters. The van der Waals surface area contributed by atoms with Crippen molar-refractivity contribution in [2.75, 3.05) is 5.32 Å². The maximum atomic E-state index is 12.6. The van der Waals surface area contributed by atoms with Gasteiger partial charge in [-0.15, -0.1) is 10.2 Å². The van der Waals surface area contributed by atoms with Gasteiger partial charge >= 0.3 is 0 Å². The molecular formula is C20H19N7O. The Labute approximate surface area is 161 Å². The van der Waals surface area contributed by atoms with E-state index in [0.29, 0.717) is 17.2 Å². The van der Waals surface area contributed by atoms with Gasteiger partial charge < -0.3 is 9.88 Å². The Morgan fingerprint density at radius 1 is 1.11 bits per heavy atom. The van der Waals surface area contributed by atoms with E-state index < -0.39 is 0 Å². The summed E-state index contributed by atoms with van der Waals surface area (Å²) in [6.45, 7) is 4.11. The minimum Gasteiger partial charge on any atom is -0.311 e. The average molecular weight is 373 g/mol. The lowest BCUT2D eigenvalue weighted by Crippen LogP contribution is -2.13. The summed E-state index contributed by atoms with van der Waals surface area (Å²) in [5.41, 5.74) is 2.82. The number of carbonyl (C=O) groups is 1. The van der Waals surface area contributed by atoms with E-state index in [1.54, 1.807) is 24.7 Å². The van der Waals surface area contributed by atoms with Gasteiger partial charge in [0.05, 0.1) is 5.69 Å². The molecule has 4 aromatic rings. The van der Waals surface area contributed by atoms with E-state index in [1.165, 1.54) is 0 Å². The van der Waals surface area contributed by atoms with Gasteiger partial charge in [0.2, 0.25) is 0 Å². The predicted molar refractivity (Wildman–Crippen MR) is 106 cm³/mol. The Balaban J connectivity index is 1.54. The highest BCUT2D eigenvalue weighted by atomic mass is 16.2. The monoisotopic (exact) mass is 373 g/mol. The van der Waals surface area contributed by atoms with Crippen LogP contribution < -0.4 is 5.32 Å². The molecule has 0 aliphatic rings. The molecule has 28 heavy (non-hydrogen) atoms. The lowest BCUT2D eigenvalue weighted by Gasteiger charge is -2.10. The first-order valence-corrected chi connectivity index (χ1v) is 8.90. The molecule has 3 heterocycles. The summed E-state index contributed by atoms with van der Waals surface area (Å²) in [5, 5.41) is 17.9. The minimum absolute atomic E-state index is 0.220. The predicted octanol–water partition coefficient (Wildman–Crippen LogP) is 3.56. The molecule has 3 aromatic heterocycles. The Bertz CT molecular complexity index is 1100. The maximum Gasteiger partial charge on any atom is 0.274 e. The third kappa shape index (κ3) is 3.52. The highest BCUT2D eigenvalue weighted by Crippen LogP contribution is 2.22. The molecule has 0 saturated carbocycles. The first-order chi connectivity index (χ1) is 13.6. The van der Waals surface area contributed by atoms with E-state index in [-0.39, 0.29) is 11.9 Å². The van der Waals surface area contributed by atoms with Crippen LogP contribution in [0, 0.1) is 0 Å². The van der Waals surface area contributed by atoms with E-state index in [9.17, 15) is 4.79 Å². The molecule has 0 radical (unpaired) electrons. The van der Waals surface area contributed by atoms with Gasteiger partial charge in [-0.3, -0.25) is 9.89 Å². The summed E-state index contributed by atoms with van der Waals surface area (Å²) in [4.78, 5) is 16.8. The second-order valence-corrected chi connectivity index (χ2v) is 6.57. The number of H-pyrrole nitrogens is 1. The van der Waals surface area contributed by atoms with Crippen LogP contribution in [0.15, 0.2) is 61.1 Å². The molecule has 1 amide bonds. The number of hydrogen-bond acceptors (Lipinski definition) is 5. The Kier molecular flexibility index (Phi) is 4.67. The van der Waals surface area contributed by atoms with Crippen LogP contribution in [0.4, 0.5) is 5.82 Å². The number of nitrogens with zero attached hydrogens (tertiary/aromatic N) is 5. The second-order valence-electron chi connectivity index (χ2n) is 6.57. The van der Waals surface area contributed by atoms with E-state index in [1.807, 2.05) is 41.0 Å². The molecular weight excluding hydrogens is 354 g/mol. The molecule has 0 saturated heterocycles. The van der Waals surface area contributed by atoms with E-state index in [0.717, 1.165) is 17.0 Å². The van der Waals surface area contributed by atoms with Gasteiger partial charge in [-0.05, 0) is 32.0 Å². The zero-order valence-electron chi connectivity index (χ0n) is 15.5. The molecule has 0 spiro atoms. The van der Waals surface area contributed by atoms with Crippen molar-refractivity contribution in [3.63, 3.8) is 0 Å². The van der Waals surface area contributed by atoms with Crippen LogP contribution in [0.1, 0.15) is 30.4 Å². The van der Waals surface area contributed by atoms with Crippen molar-refractivity contribution < 1.29 is 4.79 Å². The molecule has 0 bridgehead atoms. The quantitative estimate of drug-likeness (QED) is 0.557. The number of aromatic amines is 1. The van der Waals surface area contributed by atoms with Gasteiger partial charge in [0.15, 0.2) is 5.82 Å². The van der Waals surface area contributed by atoms with Gasteiger partial charge in [-0.2, -0.15) is 5.10 Å². The molecule has 8 heteroatoms. The van der Waals surface area contributed by atoms with Crippen LogP contribution >= 0.6 is 0 Å². The first kappa shape index (κ1) is 17.6. The first-order valence-electron chi connectivity index (χ1n) is 8.90. The number of carbonyl (C=O) groups excluding carboxylic acids is 1. The standard InChI is InChI=1S/C20H19N7O/c1-13(2)27-12-22-26-19(27)15-8-9-21-18(10-15)23-20(28)17-11-16(24-25-17)14-6-4-3-5-7-14/h3-13H,1-2H3,(H,24,25)(H,21,23,28). The Morgan fingerprint density at radius 2 is 1.93 bits per heavy atom. The minimum atomic E-state index is -0.315. The van der Waals surface area contributed by atoms with Crippen molar-refractivity contribution in [3.05, 3.63) is 66.7 Å². The van der Waals surface area contributed by atoms with Crippen molar-refractivity contribution in [3.8, 4) is 22.6 Å². The summed E-state index contributed by atoms with van der Waals surface area (Å²) in [7, 11) is 0.